The number of rotatable bonds is 4. The zero-order valence-electron chi connectivity index (χ0n) is 14.5. The van der Waals surface area contributed by atoms with Crippen LogP contribution in [0.15, 0.2) is 29.4 Å². The number of nitrogens with zero attached hydrogens (tertiary/aromatic N) is 4. The Labute approximate surface area is 142 Å². The van der Waals surface area contributed by atoms with Gasteiger partial charge in [-0.15, -0.1) is 0 Å². The molecule has 0 aromatic heterocycles. The third kappa shape index (κ3) is 5.76. The number of piperidine rings is 1. The average molecular weight is 331 g/mol. The molecule has 1 heterocycles. The Hall–Kier alpha value is -2.24. The SMILES string of the molecule is CC(C)(C)OC(=O)N1CCCC(NCc2ccc(N=[N+]=[N-])cc2)C1. The van der Waals surface area contributed by atoms with Crippen LogP contribution < -0.4 is 5.32 Å². The fourth-order valence-corrected chi connectivity index (χ4v) is 2.63. The Bertz CT molecular complexity index is 602. The molecule has 7 nitrogen and oxygen atoms in total. The highest BCUT2D eigenvalue weighted by molar-refractivity contribution is 5.68. The predicted octanol–water partition coefficient (Wildman–Crippen LogP) is 4.12. The Morgan fingerprint density at radius 1 is 1.42 bits per heavy atom. The number of likely N-dealkylation sites (tertiary alicyclic amines) is 1. The van der Waals surface area contributed by atoms with E-state index in [1.54, 1.807) is 17.0 Å². The van der Waals surface area contributed by atoms with Gasteiger partial charge in [0.25, 0.3) is 0 Å². The van der Waals surface area contributed by atoms with Crippen molar-refractivity contribution in [2.75, 3.05) is 13.1 Å². The summed E-state index contributed by atoms with van der Waals surface area (Å²) >= 11 is 0. The quantitative estimate of drug-likeness (QED) is 0.511. The molecule has 7 heteroatoms. The number of carbonyl (C=O) groups excluding carboxylic acids is 1. The molecule has 1 aliphatic rings. The van der Waals surface area contributed by atoms with E-state index >= 15 is 0 Å². The maximum atomic E-state index is 12.2. The summed E-state index contributed by atoms with van der Waals surface area (Å²) in [5, 5.41) is 7.04. The summed E-state index contributed by atoms with van der Waals surface area (Å²) in [5.74, 6) is 0. The second-order valence-corrected chi connectivity index (χ2v) is 7.00. The van der Waals surface area contributed by atoms with Gasteiger partial charge in [0.2, 0.25) is 0 Å². The highest BCUT2D eigenvalue weighted by Crippen LogP contribution is 2.17. The van der Waals surface area contributed by atoms with Crippen molar-refractivity contribution in [3.05, 3.63) is 40.3 Å². The first-order valence-corrected chi connectivity index (χ1v) is 8.23. The van der Waals surface area contributed by atoms with E-state index in [0.717, 1.165) is 24.9 Å². The van der Waals surface area contributed by atoms with Gasteiger partial charge < -0.3 is 15.0 Å². The van der Waals surface area contributed by atoms with Gasteiger partial charge in [0.05, 0.1) is 0 Å². The van der Waals surface area contributed by atoms with Crippen molar-refractivity contribution in [2.45, 2.75) is 51.8 Å². The van der Waals surface area contributed by atoms with Crippen LogP contribution in [0.2, 0.25) is 0 Å². The summed E-state index contributed by atoms with van der Waals surface area (Å²) in [6.45, 7) is 7.75. The van der Waals surface area contributed by atoms with Gasteiger partial charge in [-0.1, -0.05) is 29.4 Å². The van der Waals surface area contributed by atoms with Gasteiger partial charge in [-0.05, 0) is 44.7 Å². The normalized spacial score (nSPS) is 18.0. The maximum Gasteiger partial charge on any atom is 0.410 e. The maximum absolute atomic E-state index is 12.2. The molecule has 0 bridgehead atoms. The highest BCUT2D eigenvalue weighted by Gasteiger charge is 2.27. The molecule has 2 rings (SSSR count). The summed E-state index contributed by atoms with van der Waals surface area (Å²) in [4.78, 5) is 16.7. The van der Waals surface area contributed by atoms with Crippen LogP contribution in [0.4, 0.5) is 10.5 Å². The standard InChI is InChI=1S/C17H25N5O2/c1-17(2,3)24-16(23)22-10-4-5-15(12-22)19-11-13-6-8-14(9-7-13)20-21-18/h6-9,15,19H,4-5,10-12H2,1-3H3. The first kappa shape index (κ1) is 18.1. The van der Waals surface area contributed by atoms with Crippen molar-refractivity contribution in [3.8, 4) is 0 Å². The van der Waals surface area contributed by atoms with E-state index in [0.29, 0.717) is 18.8 Å². The van der Waals surface area contributed by atoms with Crippen LogP contribution in [-0.2, 0) is 11.3 Å². The molecule has 1 N–H and O–H groups in total. The number of amides is 1. The third-order valence-corrected chi connectivity index (χ3v) is 3.76. The molecule has 1 fully saturated rings. The molecule has 1 saturated heterocycles. The van der Waals surface area contributed by atoms with Crippen molar-refractivity contribution in [3.63, 3.8) is 0 Å². The molecule has 1 amide bonds. The molecule has 0 spiro atoms. The molecule has 1 atom stereocenters. The average Bonchev–Trinajstić information content (AvgIpc) is 2.53. The number of benzene rings is 1. The zero-order chi connectivity index (χ0) is 17.6. The lowest BCUT2D eigenvalue weighted by atomic mass is 10.1. The topological polar surface area (TPSA) is 90.3 Å². The van der Waals surface area contributed by atoms with E-state index in [9.17, 15) is 4.79 Å². The predicted molar refractivity (Wildman–Crippen MR) is 92.9 cm³/mol. The van der Waals surface area contributed by atoms with Gasteiger partial charge in [0.1, 0.15) is 5.60 Å². The van der Waals surface area contributed by atoms with E-state index in [1.807, 2.05) is 32.9 Å². The summed E-state index contributed by atoms with van der Waals surface area (Å²) in [6, 6.07) is 7.72. The molecule has 130 valence electrons. The van der Waals surface area contributed by atoms with E-state index in [4.69, 9.17) is 10.3 Å². The Morgan fingerprint density at radius 3 is 2.75 bits per heavy atom. The number of carbonyl (C=O) groups is 1. The van der Waals surface area contributed by atoms with Crippen LogP contribution in [0, 0.1) is 0 Å². The number of hydrogen-bond donors (Lipinski definition) is 1. The van der Waals surface area contributed by atoms with Crippen molar-refractivity contribution in [1.82, 2.24) is 10.2 Å². The van der Waals surface area contributed by atoms with Crippen LogP contribution in [0.1, 0.15) is 39.2 Å². The van der Waals surface area contributed by atoms with Gasteiger partial charge in [0.15, 0.2) is 0 Å². The van der Waals surface area contributed by atoms with Crippen LogP contribution in [0.5, 0.6) is 0 Å². The van der Waals surface area contributed by atoms with Gasteiger partial charge >= 0.3 is 6.09 Å². The minimum atomic E-state index is -0.467. The van der Waals surface area contributed by atoms with Gasteiger partial charge in [-0.3, -0.25) is 0 Å². The Kier molecular flexibility index (Phi) is 6.06. The molecular weight excluding hydrogens is 306 g/mol. The Balaban J connectivity index is 1.84. The van der Waals surface area contributed by atoms with Crippen LogP contribution in [0.25, 0.3) is 10.4 Å². The first-order chi connectivity index (χ1) is 11.4. The van der Waals surface area contributed by atoms with E-state index in [-0.39, 0.29) is 12.1 Å². The molecule has 1 aromatic carbocycles. The lowest BCUT2D eigenvalue weighted by Crippen LogP contribution is -2.49. The highest BCUT2D eigenvalue weighted by atomic mass is 16.6. The number of ether oxygens (including phenoxy) is 1. The number of azide groups is 1. The molecular formula is C17H25N5O2. The summed E-state index contributed by atoms with van der Waals surface area (Å²) < 4.78 is 5.44. The molecule has 24 heavy (non-hydrogen) atoms. The summed E-state index contributed by atoms with van der Waals surface area (Å²) in [5.41, 5.74) is 9.66. The smallest absolute Gasteiger partial charge is 0.410 e. The monoisotopic (exact) mass is 331 g/mol. The van der Waals surface area contributed by atoms with Crippen molar-refractivity contribution in [1.29, 1.82) is 0 Å². The summed E-state index contributed by atoms with van der Waals surface area (Å²) in [6.07, 6.45) is 1.76. The fraction of sp³-hybridized carbons (Fsp3) is 0.588. The molecule has 0 aliphatic carbocycles. The number of nitrogens with one attached hydrogen (secondary N) is 1. The molecule has 1 aromatic rings. The molecule has 1 aliphatic heterocycles. The van der Waals surface area contributed by atoms with Crippen molar-refractivity contribution >= 4 is 11.8 Å². The van der Waals surface area contributed by atoms with Crippen LogP contribution in [0.3, 0.4) is 0 Å². The van der Waals surface area contributed by atoms with Crippen LogP contribution >= 0.6 is 0 Å². The molecule has 0 radical (unpaired) electrons. The first-order valence-electron chi connectivity index (χ1n) is 8.23. The molecule has 1 unspecified atom stereocenters. The van der Waals surface area contributed by atoms with E-state index in [2.05, 4.69) is 15.3 Å². The van der Waals surface area contributed by atoms with Crippen molar-refractivity contribution < 1.29 is 9.53 Å². The minimum Gasteiger partial charge on any atom is -0.444 e. The van der Waals surface area contributed by atoms with Gasteiger partial charge in [-0.2, -0.15) is 0 Å². The second-order valence-electron chi connectivity index (χ2n) is 7.00. The lowest BCUT2D eigenvalue weighted by molar-refractivity contribution is 0.0187. The minimum absolute atomic E-state index is 0.243. The Morgan fingerprint density at radius 2 is 2.12 bits per heavy atom. The number of hydrogen-bond acceptors (Lipinski definition) is 4. The second kappa shape index (κ2) is 8.04. The lowest BCUT2D eigenvalue weighted by Gasteiger charge is -2.34. The van der Waals surface area contributed by atoms with Crippen LogP contribution in [-0.4, -0.2) is 35.7 Å². The zero-order valence-corrected chi connectivity index (χ0v) is 14.5. The third-order valence-electron chi connectivity index (χ3n) is 3.76. The molecule has 0 saturated carbocycles. The summed E-state index contributed by atoms with van der Waals surface area (Å²) in [7, 11) is 0. The van der Waals surface area contributed by atoms with Crippen molar-refractivity contribution in [2.24, 2.45) is 5.11 Å². The van der Waals surface area contributed by atoms with E-state index in [1.165, 1.54) is 0 Å². The van der Waals surface area contributed by atoms with Gasteiger partial charge in [0, 0.05) is 36.3 Å². The fourth-order valence-electron chi connectivity index (χ4n) is 2.63. The van der Waals surface area contributed by atoms with Gasteiger partial charge in [-0.25, -0.2) is 4.79 Å². The largest absolute Gasteiger partial charge is 0.444 e. The van der Waals surface area contributed by atoms with E-state index < -0.39 is 5.60 Å².